The lowest BCUT2D eigenvalue weighted by molar-refractivity contribution is -0.385. The van der Waals surface area contributed by atoms with Crippen LogP contribution in [0.15, 0.2) is 34.8 Å². The summed E-state index contributed by atoms with van der Waals surface area (Å²) in [6, 6.07) is 9.70. The van der Waals surface area contributed by atoms with E-state index in [9.17, 15) is 10.1 Å². The van der Waals surface area contributed by atoms with Crippen molar-refractivity contribution in [1.82, 2.24) is 0 Å². The van der Waals surface area contributed by atoms with Crippen molar-refractivity contribution in [3.05, 3.63) is 61.6 Å². The van der Waals surface area contributed by atoms with Crippen molar-refractivity contribution in [2.75, 3.05) is 12.4 Å². The first-order valence-corrected chi connectivity index (χ1v) is 8.77. The van der Waals surface area contributed by atoms with E-state index in [-0.39, 0.29) is 17.1 Å². The van der Waals surface area contributed by atoms with E-state index < -0.39 is 4.92 Å². The highest BCUT2D eigenvalue weighted by atomic mass is 79.9. The Bertz CT molecular complexity index is 950. The third-order valence-corrected chi connectivity index (χ3v) is 5.67. The minimum Gasteiger partial charge on any atom is -0.490 e. The predicted octanol–water partition coefficient (Wildman–Crippen LogP) is 4.99. The maximum Gasteiger partial charge on any atom is 0.311 e. The first-order chi connectivity index (χ1) is 11.8. The van der Waals surface area contributed by atoms with Crippen molar-refractivity contribution in [2.45, 2.75) is 25.3 Å². The minimum absolute atomic E-state index is 0.00524. The summed E-state index contributed by atoms with van der Waals surface area (Å²) in [7, 11) is 1.47. The summed E-state index contributed by atoms with van der Waals surface area (Å²) < 4.78 is 6.29. The maximum atomic E-state index is 11.4. The molecule has 2 aromatic rings. The molecule has 0 saturated heterocycles. The average Bonchev–Trinajstić information content (AvgIpc) is 2.92. The molecular weight excluding hydrogens is 384 g/mol. The Morgan fingerprint density at radius 1 is 1.28 bits per heavy atom. The van der Waals surface area contributed by atoms with Crippen molar-refractivity contribution < 1.29 is 9.66 Å². The lowest BCUT2D eigenvalue weighted by atomic mass is 9.69. The zero-order valence-corrected chi connectivity index (χ0v) is 15.7. The van der Waals surface area contributed by atoms with Crippen molar-refractivity contribution in [3.63, 3.8) is 0 Å². The zero-order valence-electron chi connectivity index (χ0n) is 14.1. The van der Waals surface area contributed by atoms with Gasteiger partial charge in [0.15, 0.2) is 5.75 Å². The Kier molecular flexibility index (Phi) is 3.44. The minimum atomic E-state index is -0.394. The molecule has 0 aromatic heterocycles. The standard InChI is InChI=1S/C19H17BrN2O3/c1-19(2)14-9-17(25-3)16(22(23)24)7-10(14)6-13-12-5-4-11(20)8-15(12)21-18(13)19/h4-9,18,21H,1-3H3. The monoisotopic (exact) mass is 400 g/mol. The molecule has 1 aliphatic heterocycles. The van der Waals surface area contributed by atoms with Crippen LogP contribution in [0.3, 0.4) is 0 Å². The van der Waals surface area contributed by atoms with Crippen LogP contribution in [0.2, 0.25) is 0 Å². The number of rotatable bonds is 2. The predicted molar refractivity (Wildman–Crippen MR) is 102 cm³/mol. The molecule has 5 nitrogen and oxygen atoms in total. The summed E-state index contributed by atoms with van der Waals surface area (Å²) in [6.45, 7) is 4.31. The molecule has 1 unspecified atom stereocenters. The highest BCUT2D eigenvalue weighted by Crippen LogP contribution is 2.51. The van der Waals surface area contributed by atoms with E-state index in [4.69, 9.17) is 4.74 Å². The van der Waals surface area contributed by atoms with Gasteiger partial charge < -0.3 is 10.1 Å². The topological polar surface area (TPSA) is 64.4 Å². The summed E-state index contributed by atoms with van der Waals surface area (Å²) in [5.41, 5.74) is 5.06. The number of nitro groups is 1. The smallest absolute Gasteiger partial charge is 0.311 e. The van der Waals surface area contributed by atoms with E-state index >= 15 is 0 Å². The molecule has 0 saturated carbocycles. The van der Waals surface area contributed by atoms with Gasteiger partial charge in [-0.05, 0) is 41.0 Å². The van der Waals surface area contributed by atoms with Gasteiger partial charge in [-0.3, -0.25) is 10.1 Å². The number of hydrogen-bond donors (Lipinski definition) is 1. The quantitative estimate of drug-likeness (QED) is 0.569. The van der Waals surface area contributed by atoms with Gasteiger partial charge in [0.1, 0.15) is 0 Å². The number of benzene rings is 2. The lowest BCUT2D eigenvalue weighted by Crippen LogP contribution is -2.40. The van der Waals surface area contributed by atoms with E-state index in [0.29, 0.717) is 5.75 Å². The summed E-state index contributed by atoms with van der Waals surface area (Å²) in [5, 5.41) is 15.0. The van der Waals surface area contributed by atoms with Crippen LogP contribution in [0, 0.1) is 10.1 Å². The van der Waals surface area contributed by atoms with E-state index in [1.807, 2.05) is 6.07 Å². The summed E-state index contributed by atoms with van der Waals surface area (Å²) in [5.74, 6) is 0.298. The van der Waals surface area contributed by atoms with Crippen LogP contribution in [0.25, 0.3) is 11.6 Å². The SMILES string of the molecule is COc1cc2c(cc1[N+](=O)[O-])C=C1c3ccc(Br)cc3NC1C2(C)C. The molecule has 1 heterocycles. The zero-order chi connectivity index (χ0) is 17.9. The van der Waals surface area contributed by atoms with Crippen LogP contribution in [-0.2, 0) is 5.41 Å². The number of fused-ring (bicyclic) bond motifs is 4. The van der Waals surface area contributed by atoms with Crippen LogP contribution >= 0.6 is 15.9 Å². The number of nitro benzene ring substituents is 1. The van der Waals surface area contributed by atoms with Gasteiger partial charge in [-0.2, -0.15) is 0 Å². The fourth-order valence-electron chi connectivity index (χ4n) is 3.90. The van der Waals surface area contributed by atoms with Crippen LogP contribution in [0.1, 0.15) is 30.5 Å². The van der Waals surface area contributed by atoms with E-state index in [1.165, 1.54) is 12.7 Å². The van der Waals surface area contributed by atoms with Crippen LogP contribution in [0.4, 0.5) is 11.4 Å². The van der Waals surface area contributed by atoms with Crippen molar-refractivity contribution in [3.8, 4) is 5.75 Å². The average molecular weight is 401 g/mol. The largest absolute Gasteiger partial charge is 0.490 e. The molecule has 1 aliphatic carbocycles. The van der Waals surface area contributed by atoms with Gasteiger partial charge in [0.25, 0.3) is 0 Å². The second-order valence-electron chi connectivity index (χ2n) is 6.96. The Balaban J connectivity index is 1.96. The molecule has 25 heavy (non-hydrogen) atoms. The number of hydrogen-bond acceptors (Lipinski definition) is 4. The van der Waals surface area contributed by atoms with E-state index in [0.717, 1.165) is 26.9 Å². The van der Waals surface area contributed by atoms with Gasteiger partial charge in [0.05, 0.1) is 18.1 Å². The van der Waals surface area contributed by atoms with Crippen molar-refractivity contribution in [1.29, 1.82) is 0 Å². The van der Waals surface area contributed by atoms with Gasteiger partial charge >= 0.3 is 5.69 Å². The fourth-order valence-corrected chi connectivity index (χ4v) is 4.26. The van der Waals surface area contributed by atoms with Gasteiger partial charge in [-0.1, -0.05) is 35.8 Å². The highest BCUT2D eigenvalue weighted by Gasteiger charge is 2.43. The van der Waals surface area contributed by atoms with Gasteiger partial charge in [0.2, 0.25) is 0 Å². The molecule has 128 valence electrons. The molecule has 0 fully saturated rings. The van der Waals surface area contributed by atoms with E-state index in [1.54, 1.807) is 12.1 Å². The Morgan fingerprint density at radius 3 is 2.72 bits per heavy atom. The lowest BCUT2D eigenvalue weighted by Gasteiger charge is -2.38. The second kappa shape index (κ2) is 5.33. The molecule has 0 radical (unpaired) electrons. The molecule has 0 bridgehead atoms. The number of nitrogens with zero attached hydrogens (tertiary/aromatic N) is 1. The van der Waals surface area contributed by atoms with Gasteiger partial charge in [-0.25, -0.2) is 0 Å². The number of anilines is 1. The molecule has 1 N–H and O–H groups in total. The van der Waals surface area contributed by atoms with Crippen molar-refractivity contribution >= 4 is 39.0 Å². The van der Waals surface area contributed by atoms with E-state index in [2.05, 4.69) is 53.3 Å². The Labute approximate surface area is 154 Å². The third kappa shape index (κ3) is 2.28. The molecule has 0 amide bonds. The summed E-state index contributed by atoms with van der Waals surface area (Å²) >= 11 is 3.51. The first kappa shape index (κ1) is 16.1. The molecule has 4 rings (SSSR count). The van der Waals surface area contributed by atoms with Crippen molar-refractivity contribution in [2.24, 2.45) is 0 Å². The Hall–Kier alpha value is -2.34. The number of nitrogens with one attached hydrogen (secondary N) is 1. The van der Waals surface area contributed by atoms with Crippen LogP contribution < -0.4 is 10.1 Å². The number of ether oxygens (including phenoxy) is 1. The molecular formula is C19H17BrN2O3. The fraction of sp³-hybridized carbons (Fsp3) is 0.263. The normalized spacial score (nSPS) is 19.2. The molecule has 1 atom stereocenters. The number of methoxy groups -OCH3 is 1. The second-order valence-corrected chi connectivity index (χ2v) is 7.87. The molecule has 0 spiro atoms. The summed E-state index contributed by atoms with van der Waals surface area (Å²) in [4.78, 5) is 11.0. The maximum absolute atomic E-state index is 11.4. The Morgan fingerprint density at radius 2 is 2.04 bits per heavy atom. The summed E-state index contributed by atoms with van der Waals surface area (Å²) in [6.07, 6.45) is 2.06. The highest BCUT2D eigenvalue weighted by molar-refractivity contribution is 9.10. The number of halogens is 1. The van der Waals surface area contributed by atoms with Crippen LogP contribution in [0.5, 0.6) is 5.75 Å². The first-order valence-electron chi connectivity index (χ1n) is 7.98. The molecule has 2 aliphatic rings. The van der Waals surface area contributed by atoms with Gasteiger partial charge in [0, 0.05) is 27.2 Å². The molecule has 2 aromatic carbocycles. The molecule has 6 heteroatoms. The van der Waals surface area contributed by atoms with Crippen LogP contribution in [-0.4, -0.2) is 18.1 Å². The third-order valence-electron chi connectivity index (χ3n) is 5.18. The van der Waals surface area contributed by atoms with Gasteiger partial charge in [-0.15, -0.1) is 0 Å².